The van der Waals surface area contributed by atoms with Gasteiger partial charge in [-0.25, -0.2) is 0 Å². The van der Waals surface area contributed by atoms with Gasteiger partial charge < -0.3 is 14.4 Å². The van der Waals surface area contributed by atoms with Gasteiger partial charge in [0.2, 0.25) is 5.91 Å². The standard InChI is InChI=1S/C26H40N2O5S/c1-7-32-25(31)20(14-13-19-11-9-8-10-12-19)27-21-16-34-17-22(18(2)3)28(24(21)30)15-23(29)33-26(4,5)6/h8-12,18,20-22,27H,7,13-17H2,1-6H3/t20?,21-,22-/m0/s1. The van der Waals surface area contributed by atoms with Crippen molar-refractivity contribution in [3.63, 3.8) is 0 Å². The van der Waals surface area contributed by atoms with E-state index in [1.165, 1.54) is 0 Å². The van der Waals surface area contributed by atoms with Gasteiger partial charge in [-0.1, -0.05) is 44.2 Å². The molecule has 0 radical (unpaired) electrons. The molecule has 1 fully saturated rings. The molecule has 0 aromatic heterocycles. The topological polar surface area (TPSA) is 84.9 Å². The van der Waals surface area contributed by atoms with Crippen molar-refractivity contribution in [3.8, 4) is 0 Å². The lowest BCUT2D eigenvalue weighted by atomic mass is 10.0. The van der Waals surface area contributed by atoms with E-state index in [9.17, 15) is 14.4 Å². The summed E-state index contributed by atoms with van der Waals surface area (Å²) in [5, 5.41) is 3.27. The first kappa shape index (κ1) is 28.2. The molecule has 3 atom stereocenters. The Labute approximate surface area is 208 Å². The number of amides is 1. The fourth-order valence-electron chi connectivity index (χ4n) is 3.92. The van der Waals surface area contributed by atoms with Crippen LogP contribution in [0.15, 0.2) is 30.3 Å². The third-order valence-corrected chi connectivity index (χ3v) is 6.73. The van der Waals surface area contributed by atoms with Crippen LogP contribution in [0.1, 0.15) is 53.5 Å². The summed E-state index contributed by atoms with van der Waals surface area (Å²) in [6.45, 7) is 11.5. The number of carbonyl (C=O) groups excluding carboxylic acids is 3. The molecule has 1 heterocycles. The number of nitrogens with one attached hydrogen (secondary N) is 1. The molecule has 8 heteroatoms. The van der Waals surface area contributed by atoms with Crippen LogP contribution in [0.2, 0.25) is 0 Å². The number of carbonyl (C=O) groups is 3. The summed E-state index contributed by atoms with van der Waals surface area (Å²) in [7, 11) is 0. The van der Waals surface area contributed by atoms with Crippen LogP contribution >= 0.6 is 11.8 Å². The Kier molecular flexibility index (Phi) is 10.9. The summed E-state index contributed by atoms with van der Waals surface area (Å²) in [6.07, 6.45) is 1.19. The predicted octanol–water partition coefficient (Wildman–Crippen LogP) is 3.45. The van der Waals surface area contributed by atoms with E-state index in [0.717, 1.165) is 11.3 Å². The normalized spacial score (nSPS) is 20.1. The monoisotopic (exact) mass is 492 g/mol. The lowest BCUT2D eigenvalue weighted by Gasteiger charge is -2.34. The van der Waals surface area contributed by atoms with E-state index in [-0.39, 0.29) is 37.0 Å². The molecule has 1 N–H and O–H groups in total. The van der Waals surface area contributed by atoms with E-state index >= 15 is 0 Å². The fraction of sp³-hybridized carbons (Fsp3) is 0.654. The minimum Gasteiger partial charge on any atom is -0.465 e. The van der Waals surface area contributed by atoms with Crippen molar-refractivity contribution in [2.45, 2.75) is 78.1 Å². The van der Waals surface area contributed by atoms with Gasteiger partial charge in [-0.3, -0.25) is 19.7 Å². The van der Waals surface area contributed by atoms with E-state index < -0.39 is 23.7 Å². The maximum absolute atomic E-state index is 13.6. The molecular formula is C26H40N2O5S. The average molecular weight is 493 g/mol. The molecule has 0 bridgehead atoms. The van der Waals surface area contributed by atoms with Crippen molar-refractivity contribution in [3.05, 3.63) is 35.9 Å². The maximum atomic E-state index is 13.6. The number of ether oxygens (including phenoxy) is 2. The molecule has 1 saturated heterocycles. The minimum absolute atomic E-state index is 0.0952. The van der Waals surface area contributed by atoms with Gasteiger partial charge in [0.05, 0.1) is 12.6 Å². The second-order valence-electron chi connectivity index (χ2n) is 9.95. The summed E-state index contributed by atoms with van der Waals surface area (Å²) in [5.41, 5.74) is 0.490. The smallest absolute Gasteiger partial charge is 0.326 e. The molecule has 1 aliphatic heterocycles. The first-order valence-corrected chi connectivity index (χ1v) is 13.2. The van der Waals surface area contributed by atoms with Crippen LogP contribution in [0.3, 0.4) is 0 Å². The van der Waals surface area contributed by atoms with Gasteiger partial charge in [0, 0.05) is 17.5 Å². The molecule has 190 valence electrons. The quantitative estimate of drug-likeness (QED) is 0.501. The highest BCUT2D eigenvalue weighted by molar-refractivity contribution is 7.99. The van der Waals surface area contributed by atoms with Crippen molar-refractivity contribution in [2.75, 3.05) is 24.7 Å². The number of rotatable bonds is 10. The Balaban J connectivity index is 2.19. The van der Waals surface area contributed by atoms with Crippen molar-refractivity contribution in [1.29, 1.82) is 0 Å². The highest BCUT2D eigenvalue weighted by Crippen LogP contribution is 2.24. The molecule has 1 unspecified atom stereocenters. The highest BCUT2D eigenvalue weighted by Gasteiger charge is 2.38. The molecule has 1 aromatic carbocycles. The molecule has 0 saturated carbocycles. The lowest BCUT2D eigenvalue weighted by molar-refractivity contribution is -0.160. The molecule has 34 heavy (non-hydrogen) atoms. The van der Waals surface area contributed by atoms with E-state index in [0.29, 0.717) is 18.6 Å². The zero-order chi connectivity index (χ0) is 25.3. The van der Waals surface area contributed by atoms with Gasteiger partial charge in [0.15, 0.2) is 0 Å². The lowest BCUT2D eigenvalue weighted by Crippen LogP contribution is -2.56. The molecule has 1 aromatic rings. The maximum Gasteiger partial charge on any atom is 0.326 e. The van der Waals surface area contributed by atoms with Crippen LogP contribution in [0.5, 0.6) is 0 Å². The van der Waals surface area contributed by atoms with Crippen LogP contribution in [0.25, 0.3) is 0 Å². The molecular weight excluding hydrogens is 452 g/mol. The van der Waals surface area contributed by atoms with Gasteiger partial charge in [0.25, 0.3) is 0 Å². The number of thioether (sulfide) groups is 1. The van der Waals surface area contributed by atoms with Gasteiger partial charge in [-0.15, -0.1) is 0 Å². The second-order valence-corrected chi connectivity index (χ2v) is 11.0. The Hall–Kier alpha value is -2.06. The largest absolute Gasteiger partial charge is 0.465 e. The minimum atomic E-state index is -0.627. The predicted molar refractivity (Wildman–Crippen MR) is 136 cm³/mol. The summed E-state index contributed by atoms with van der Waals surface area (Å²) >= 11 is 1.66. The third-order valence-electron chi connectivity index (χ3n) is 5.58. The zero-order valence-corrected chi connectivity index (χ0v) is 22.2. The van der Waals surface area contributed by atoms with Gasteiger partial charge >= 0.3 is 11.9 Å². The van der Waals surface area contributed by atoms with E-state index in [1.807, 2.05) is 51.1 Å². The number of esters is 2. The van der Waals surface area contributed by atoms with Gasteiger partial charge in [-0.2, -0.15) is 11.8 Å². The second kappa shape index (κ2) is 13.1. The number of hydrogen-bond acceptors (Lipinski definition) is 7. The summed E-state index contributed by atoms with van der Waals surface area (Å²) in [4.78, 5) is 40.6. The van der Waals surface area contributed by atoms with Crippen LogP contribution in [0.4, 0.5) is 0 Å². The number of nitrogens with zero attached hydrogens (tertiary/aromatic N) is 1. The van der Waals surface area contributed by atoms with Crippen LogP contribution in [0, 0.1) is 5.92 Å². The van der Waals surface area contributed by atoms with Crippen molar-refractivity contribution in [1.82, 2.24) is 10.2 Å². The summed E-state index contributed by atoms with van der Waals surface area (Å²) in [5.74, 6) is 0.454. The van der Waals surface area contributed by atoms with E-state index in [4.69, 9.17) is 9.47 Å². The SMILES string of the molecule is CCOC(=O)C(CCc1ccccc1)N[C@H]1CSC[C@@H](C(C)C)N(CC(=O)OC(C)(C)C)C1=O. The Morgan fingerprint density at radius 3 is 2.44 bits per heavy atom. The number of aryl methyl sites for hydroxylation is 1. The Morgan fingerprint density at radius 2 is 1.85 bits per heavy atom. The molecule has 0 aliphatic carbocycles. The van der Waals surface area contributed by atoms with Crippen LogP contribution < -0.4 is 5.32 Å². The first-order valence-electron chi connectivity index (χ1n) is 12.1. The summed E-state index contributed by atoms with van der Waals surface area (Å²) in [6, 6.07) is 8.62. The van der Waals surface area contributed by atoms with Crippen molar-refractivity contribution < 1.29 is 23.9 Å². The van der Waals surface area contributed by atoms with E-state index in [2.05, 4.69) is 19.2 Å². The third kappa shape index (κ3) is 8.95. The van der Waals surface area contributed by atoms with Crippen molar-refractivity contribution >= 4 is 29.6 Å². The molecule has 2 rings (SSSR count). The van der Waals surface area contributed by atoms with Crippen molar-refractivity contribution in [2.24, 2.45) is 5.92 Å². The van der Waals surface area contributed by atoms with Crippen LogP contribution in [-0.4, -0.2) is 71.1 Å². The van der Waals surface area contributed by atoms with Gasteiger partial charge in [0.1, 0.15) is 18.2 Å². The number of benzene rings is 1. The fourth-order valence-corrected chi connectivity index (χ4v) is 5.34. The van der Waals surface area contributed by atoms with Crippen LogP contribution in [-0.2, 0) is 30.3 Å². The van der Waals surface area contributed by atoms with E-state index in [1.54, 1.807) is 23.6 Å². The first-order chi connectivity index (χ1) is 16.0. The molecule has 7 nitrogen and oxygen atoms in total. The molecule has 1 aliphatic rings. The summed E-state index contributed by atoms with van der Waals surface area (Å²) < 4.78 is 10.8. The highest BCUT2D eigenvalue weighted by atomic mass is 32.2. The Bertz CT molecular complexity index is 809. The zero-order valence-electron chi connectivity index (χ0n) is 21.3. The van der Waals surface area contributed by atoms with Gasteiger partial charge in [-0.05, 0) is 52.0 Å². The molecule has 1 amide bonds. The average Bonchev–Trinajstić information content (AvgIpc) is 2.90. The molecule has 0 spiro atoms. The number of hydrogen-bond donors (Lipinski definition) is 1. The Morgan fingerprint density at radius 1 is 1.18 bits per heavy atom.